The molecule has 18 heavy (non-hydrogen) atoms. The van der Waals surface area contributed by atoms with Gasteiger partial charge < -0.3 is 10.2 Å². The minimum absolute atomic E-state index is 0.547. The molecule has 2 heteroatoms. The minimum atomic E-state index is 0.547. The quantitative estimate of drug-likeness (QED) is 0.713. The average molecular weight is 254 g/mol. The fourth-order valence-corrected chi connectivity index (χ4v) is 3.35. The highest BCUT2D eigenvalue weighted by Gasteiger charge is 2.34. The van der Waals surface area contributed by atoms with Gasteiger partial charge in [-0.15, -0.1) is 0 Å². The van der Waals surface area contributed by atoms with Crippen LogP contribution in [0.4, 0.5) is 0 Å². The van der Waals surface area contributed by atoms with Crippen LogP contribution in [0.3, 0.4) is 0 Å². The Kier molecular flexibility index (Phi) is 7.25. The van der Waals surface area contributed by atoms with Crippen LogP contribution in [0.5, 0.6) is 0 Å². The molecule has 0 unspecified atom stereocenters. The van der Waals surface area contributed by atoms with Crippen LogP contribution in [0.15, 0.2) is 0 Å². The standard InChI is InChI=1S/C16H34N2/c1-5-7-12-18(6-2)14-16(13-17-4)10-8-15(3)9-11-16/h15,17H,5-14H2,1-4H3. The molecule has 1 rings (SSSR count). The van der Waals surface area contributed by atoms with Gasteiger partial charge in [0.25, 0.3) is 0 Å². The Morgan fingerprint density at radius 1 is 1.22 bits per heavy atom. The summed E-state index contributed by atoms with van der Waals surface area (Å²) in [4.78, 5) is 2.68. The Morgan fingerprint density at radius 3 is 2.39 bits per heavy atom. The van der Waals surface area contributed by atoms with Gasteiger partial charge >= 0.3 is 0 Å². The largest absolute Gasteiger partial charge is 0.319 e. The topological polar surface area (TPSA) is 15.3 Å². The Balaban J connectivity index is 2.54. The fraction of sp³-hybridized carbons (Fsp3) is 1.00. The Labute approximate surface area is 115 Å². The summed E-state index contributed by atoms with van der Waals surface area (Å²) in [6.45, 7) is 12.0. The molecule has 0 aromatic carbocycles. The molecule has 0 atom stereocenters. The summed E-state index contributed by atoms with van der Waals surface area (Å²) in [6, 6.07) is 0. The van der Waals surface area contributed by atoms with Crippen LogP contribution in [0.2, 0.25) is 0 Å². The molecular weight excluding hydrogens is 220 g/mol. The maximum Gasteiger partial charge on any atom is 0.00500 e. The summed E-state index contributed by atoms with van der Waals surface area (Å²) in [5.41, 5.74) is 0.547. The fourth-order valence-electron chi connectivity index (χ4n) is 3.35. The molecule has 0 saturated heterocycles. The lowest BCUT2D eigenvalue weighted by atomic mass is 9.70. The molecule has 0 spiro atoms. The molecule has 1 aliphatic carbocycles. The Hall–Kier alpha value is -0.0800. The first kappa shape index (κ1) is 16.0. The molecule has 0 aromatic rings. The van der Waals surface area contributed by atoms with E-state index in [1.807, 2.05) is 0 Å². The van der Waals surface area contributed by atoms with Gasteiger partial charge in [-0.2, -0.15) is 0 Å². The number of rotatable bonds is 8. The molecule has 1 N–H and O–H groups in total. The van der Waals surface area contributed by atoms with Crippen molar-refractivity contribution in [2.24, 2.45) is 11.3 Å². The van der Waals surface area contributed by atoms with Crippen LogP contribution >= 0.6 is 0 Å². The van der Waals surface area contributed by atoms with Gasteiger partial charge in [-0.1, -0.05) is 40.0 Å². The third-order valence-electron chi connectivity index (χ3n) is 4.72. The van der Waals surface area contributed by atoms with E-state index < -0.39 is 0 Å². The van der Waals surface area contributed by atoms with E-state index in [2.05, 4.69) is 38.0 Å². The van der Waals surface area contributed by atoms with E-state index in [1.165, 1.54) is 64.7 Å². The predicted octanol–water partition coefficient (Wildman–Crippen LogP) is 3.52. The molecule has 0 bridgehead atoms. The zero-order chi connectivity index (χ0) is 13.4. The van der Waals surface area contributed by atoms with Gasteiger partial charge in [0.2, 0.25) is 0 Å². The molecule has 0 amide bonds. The van der Waals surface area contributed by atoms with Crippen molar-refractivity contribution in [2.75, 3.05) is 33.2 Å². The van der Waals surface area contributed by atoms with Crippen molar-refractivity contribution < 1.29 is 0 Å². The first-order valence-corrected chi connectivity index (χ1v) is 8.02. The van der Waals surface area contributed by atoms with Crippen molar-refractivity contribution in [1.82, 2.24) is 10.2 Å². The molecule has 1 saturated carbocycles. The molecule has 1 fully saturated rings. The van der Waals surface area contributed by atoms with Crippen molar-refractivity contribution in [3.8, 4) is 0 Å². The highest BCUT2D eigenvalue weighted by atomic mass is 15.1. The van der Waals surface area contributed by atoms with Gasteiger partial charge in [-0.05, 0) is 50.7 Å². The van der Waals surface area contributed by atoms with Crippen molar-refractivity contribution in [3.05, 3.63) is 0 Å². The van der Waals surface area contributed by atoms with Gasteiger partial charge in [-0.25, -0.2) is 0 Å². The molecule has 1 aliphatic rings. The number of hydrogen-bond acceptors (Lipinski definition) is 2. The molecule has 0 radical (unpaired) electrons. The average Bonchev–Trinajstić information content (AvgIpc) is 2.38. The molecule has 108 valence electrons. The maximum atomic E-state index is 3.45. The molecule has 0 heterocycles. The summed E-state index contributed by atoms with van der Waals surface area (Å²) in [5, 5.41) is 3.45. The monoisotopic (exact) mass is 254 g/mol. The van der Waals surface area contributed by atoms with E-state index in [-0.39, 0.29) is 0 Å². The van der Waals surface area contributed by atoms with E-state index >= 15 is 0 Å². The van der Waals surface area contributed by atoms with E-state index in [9.17, 15) is 0 Å². The number of hydrogen-bond donors (Lipinski definition) is 1. The SMILES string of the molecule is CCCCN(CC)CC1(CNC)CCC(C)CC1. The van der Waals surface area contributed by atoms with Crippen molar-refractivity contribution in [3.63, 3.8) is 0 Å². The Morgan fingerprint density at radius 2 is 1.89 bits per heavy atom. The first-order valence-electron chi connectivity index (χ1n) is 8.02. The smallest absolute Gasteiger partial charge is 0.00500 e. The van der Waals surface area contributed by atoms with Crippen LogP contribution in [0.1, 0.15) is 59.3 Å². The zero-order valence-corrected chi connectivity index (χ0v) is 13.1. The van der Waals surface area contributed by atoms with Crippen LogP contribution in [-0.2, 0) is 0 Å². The molecule has 2 nitrogen and oxygen atoms in total. The van der Waals surface area contributed by atoms with Crippen LogP contribution in [-0.4, -0.2) is 38.1 Å². The summed E-state index contributed by atoms with van der Waals surface area (Å²) in [6.07, 6.45) is 8.34. The second-order valence-corrected chi connectivity index (χ2v) is 6.44. The highest BCUT2D eigenvalue weighted by Crippen LogP contribution is 2.39. The number of nitrogens with zero attached hydrogens (tertiary/aromatic N) is 1. The zero-order valence-electron chi connectivity index (χ0n) is 13.1. The minimum Gasteiger partial charge on any atom is -0.319 e. The maximum absolute atomic E-state index is 3.45. The number of unbranched alkanes of at least 4 members (excludes halogenated alkanes) is 1. The van der Waals surface area contributed by atoms with E-state index in [4.69, 9.17) is 0 Å². The van der Waals surface area contributed by atoms with Crippen LogP contribution < -0.4 is 5.32 Å². The molecule has 0 aromatic heterocycles. The van der Waals surface area contributed by atoms with Gasteiger partial charge in [0.1, 0.15) is 0 Å². The lowest BCUT2D eigenvalue weighted by Crippen LogP contribution is -2.45. The van der Waals surface area contributed by atoms with Crippen LogP contribution in [0.25, 0.3) is 0 Å². The lowest BCUT2D eigenvalue weighted by Gasteiger charge is -2.42. The van der Waals surface area contributed by atoms with Gasteiger partial charge in [0, 0.05) is 13.1 Å². The van der Waals surface area contributed by atoms with Crippen molar-refractivity contribution in [1.29, 1.82) is 0 Å². The molecular formula is C16H34N2. The van der Waals surface area contributed by atoms with E-state index in [0.29, 0.717) is 5.41 Å². The summed E-state index contributed by atoms with van der Waals surface area (Å²) < 4.78 is 0. The molecule has 0 aliphatic heterocycles. The second-order valence-electron chi connectivity index (χ2n) is 6.44. The second kappa shape index (κ2) is 8.16. The third-order valence-corrected chi connectivity index (χ3v) is 4.72. The predicted molar refractivity (Wildman–Crippen MR) is 81.0 cm³/mol. The van der Waals surface area contributed by atoms with E-state index in [1.54, 1.807) is 0 Å². The van der Waals surface area contributed by atoms with Gasteiger partial charge in [0.15, 0.2) is 0 Å². The van der Waals surface area contributed by atoms with Gasteiger partial charge in [-0.3, -0.25) is 0 Å². The van der Waals surface area contributed by atoms with Crippen LogP contribution in [0, 0.1) is 11.3 Å². The Bertz CT molecular complexity index is 207. The van der Waals surface area contributed by atoms with Crippen molar-refractivity contribution >= 4 is 0 Å². The van der Waals surface area contributed by atoms with Crippen molar-refractivity contribution in [2.45, 2.75) is 59.3 Å². The first-order chi connectivity index (χ1) is 8.65. The van der Waals surface area contributed by atoms with Gasteiger partial charge in [0.05, 0.1) is 0 Å². The summed E-state index contributed by atoms with van der Waals surface area (Å²) in [7, 11) is 2.11. The number of nitrogens with one attached hydrogen (secondary N) is 1. The summed E-state index contributed by atoms with van der Waals surface area (Å²) >= 11 is 0. The third kappa shape index (κ3) is 4.89. The van der Waals surface area contributed by atoms with E-state index in [0.717, 1.165) is 5.92 Å². The highest BCUT2D eigenvalue weighted by molar-refractivity contribution is 4.89. The summed E-state index contributed by atoms with van der Waals surface area (Å²) in [5.74, 6) is 0.945. The normalized spacial score (nSPS) is 28.8. The lowest BCUT2D eigenvalue weighted by molar-refractivity contribution is 0.0900.